The highest BCUT2D eigenvalue weighted by Gasteiger charge is 2.22. The van der Waals surface area contributed by atoms with E-state index in [-0.39, 0.29) is 0 Å². The molecule has 0 saturated carbocycles. The molecular weight excluding hydrogens is 665 g/mol. The van der Waals surface area contributed by atoms with Crippen molar-refractivity contribution in [2.24, 2.45) is 0 Å². The summed E-state index contributed by atoms with van der Waals surface area (Å²) in [6, 6.07) is 45.7. The number of thiocarbonyl (C=S) groups is 1. The van der Waals surface area contributed by atoms with E-state index in [4.69, 9.17) is 17.2 Å². The number of nitrogens with zero attached hydrogens (tertiary/aromatic N) is 1. The first kappa shape index (κ1) is 32.6. The van der Waals surface area contributed by atoms with Crippen LogP contribution in [0.3, 0.4) is 0 Å². The number of fused-ring (bicyclic) bond motifs is 8. The van der Waals surface area contributed by atoms with Gasteiger partial charge in [-0.3, -0.25) is 0 Å². The molecule has 0 radical (unpaired) electrons. The molecular formula is C48H38N4S. The molecule has 2 aliphatic heterocycles. The average molecular weight is 703 g/mol. The van der Waals surface area contributed by atoms with E-state index >= 15 is 0 Å². The van der Waals surface area contributed by atoms with E-state index in [9.17, 15) is 0 Å². The van der Waals surface area contributed by atoms with Crippen LogP contribution < -0.4 is 5.32 Å². The van der Waals surface area contributed by atoms with E-state index in [2.05, 4.69) is 183 Å². The molecule has 2 aliphatic rings. The van der Waals surface area contributed by atoms with Crippen LogP contribution in [0.15, 0.2) is 127 Å². The zero-order chi connectivity index (χ0) is 36.2. The normalized spacial score (nSPS) is 12.3. The minimum absolute atomic E-state index is 0.684. The second-order valence-electron chi connectivity index (χ2n) is 14.2. The fourth-order valence-corrected chi connectivity index (χ4v) is 7.72. The Hall–Kier alpha value is -6.30. The van der Waals surface area contributed by atoms with Crippen molar-refractivity contribution < 1.29 is 0 Å². The second-order valence-corrected chi connectivity index (χ2v) is 14.6. The van der Waals surface area contributed by atoms with Crippen LogP contribution in [0.2, 0.25) is 0 Å². The summed E-state index contributed by atoms with van der Waals surface area (Å²) in [5.41, 5.74) is 21.0. The van der Waals surface area contributed by atoms with Gasteiger partial charge in [-0.05, 0) is 92.4 Å². The van der Waals surface area contributed by atoms with Gasteiger partial charge in [0.05, 0.1) is 11.4 Å². The summed E-state index contributed by atoms with van der Waals surface area (Å²) in [7, 11) is 0. The van der Waals surface area contributed by atoms with E-state index in [1.807, 2.05) is 0 Å². The van der Waals surface area contributed by atoms with Crippen LogP contribution in [0.25, 0.3) is 78.7 Å². The molecule has 5 heterocycles. The third kappa shape index (κ3) is 5.99. The molecule has 4 nitrogen and oxygen atoms in total. The van der Waals surface area contributed by atoms with Gasteiger partial charge in [0.1, 0.15) is 4.99 Å². The lowest BCUT2D eigenvalue weighted by molar-refractivity contribution is 1.31. The molecule has 7 aromatic rings. The van der Waals surface area contributed by atoms with Crippen LogP contribution in [0, 0.1) is 27.7 Å². The summed E-state index contributed by atoms with van der Waals surface area (Å²) in [6.07, 6.45) is 4.30. The monoisotopic (exact) mass is 702 g/mol. The van der Waals surface area contributed by atoms with Gasteiger partial charge >= 0.3 is 0 Å². The van der Waals surface area contributed by atoms with Gasteiger partial charge in [-0.1, -0.05) is 132 Å². The van der Waals surface area contributed by atoms with Crippen LogP contribution in [0.1, 0.15) is 39.2 Å². The highest BCUT2D eigenvalue weighted by molar-refractivity contribution is 7.81. The van der Waals surface area contributed by atoms with Gasteiger partial charge in [-0.15, -0.1) is 0 Å². The molecule has 0 amide bonds. The number of rotatable bonds is 4. The van der Waals surface area contributed by atoms with Crippen molar-refractivity contribution in [3.8, 4) is 44.5 Å². The maximum atomic E-state index is 6.20. The molecule has 256 valence electrons. The summed E-state index contributed by atoms with van der Waals surface area (Å²) < 4.78 is 0. The predicted octanol–water partition coefficient (Wildman–Crippen LogP) is 12.8. The van der Waals surface area contributed by atoms with Crippen molar-refractivity contribution in [1.29, 1.82) is 0 Å². The summed E-state index contributed by atoms with van der Waals surface area (Å²) in [6.45, 7) is 8.48. The van der Waals surface area contributed by atoms with Crippen LogP contribution in [-0.4, -0.2) is 19.9 Å². The third-order valence-electron chi connectivity index (χ3n) is 10.3. The topological polar surface area (TPSA) is 56.5 Å². The Morgan fingerprint density at radius 1 is 0.415 bits per heavy atom. The minimum atomic E-state index is 0.684. The highest BCUT2D eigenvalue weighted by atomic mass is 32.1. The number of anilines is 1. The summed E-state index contributed by atoms with van der Waals surface area (Å²) in [4.78, 5) is 13.8. The summed E-state index contributed by atoms with van der Waals surface area (Å²) in [5, 5.41) is 3.65. The van der Waals surface area contributed by atoms with Gasteiger partial charge in [0.15, 0.2) is 0 Å². The van der Waals surface area contributed by atoms with Gasteiger partial charge in [0.2, 0.25) is 0 Å². The molecule has 3 aromatic heterocycles. The molecule has 0 aliphatic carbocycles. The zero-order valence-corrected chi connectivity index (χ0v) is 31.0. The minimum Gasteiger partial charge on any atom is -0.354 e. The lowest BCUT2D eigenvalue weighted by atomic mass is 9.99. The average Bonchev–Trinajstić information content (AvgIpc) is 3.99. The van der Waals surface area contributed by atoms with Gasteiger partial charge in [-0.2, -0.15) is 0 Å². The molecule has 9 rings (SSSR count). The Bertz CT molecular complexity index is 2760. The van der Waals surface area contributed by atoms with Crippen molar-refractivity contribution in [3.05, 3.63) is 167 Å². The molecule has 0 fully saturated rings. The number of nitrogens with one attached hydrogen (secondary N) is 3. The first-order valence-electron chi connectivity index (χ1n) is 18.0. The standard InChI is InChI=1S/C48H38N4S/c1-28-5-13-32(14-6-28)44-36-27-43(52-48(36)53)47(35-19-11-31(4)12-20-35)42-26-25-41(51-42)46(34-17-9-30(3)10-18-34)40-24-23-39(50-40)45(38-22-21-37(44)49-38)33-15-7-29(2)8-16-33/h5-27,49,51H,1-4H3,(H,52,53). The molecule has 0 atom stereocenters. The van der Waals surface area contributed by atoms with Crippen molar-refractivity contribution in [1.82, 2.24) is 15.0 Å². The number of benzene rings is 4. The largest absolute Gasteiger partial charge is 0.354 e. The lowest BCUT2D eigenvalue weighted by Crippen LogP contribution is -2.05. The number of aryl methyl sites for hydroxylation is 4. The summed E-state index contributed by atoms with van der Waals surface area (Å²) >= 11 is 6.20. The van der Waals surface area contributed by atoms with Crippen LogP contribution in [0.5, 0.6) is 0 Å². The van der Waals surface area contributed by atoms with Crippen molar-refractivity contribution in [2.75, 3.05) is 5.32 Å². The number of aromatic amines is 2. The highest BCUT2D eigenvalue weighted by Crippen LogP contribution is 2.40. The fourth-order valence-electron chi connectivity index (χ4n) is 7.45. The van der Waals surface area contributed by atoms with E-state index in [1.54, 1.807) is 0 Å². The number of H-pyrrole nitrogens is 2. The van der Waals surface area contributed by atoms with Crippen LogP contribution in [0.4, 0.5) is 5.69 Å². The second kappa shape index (κ2) is 13.0. The smallest absolute Gasteiger partial charge is 0.111 e. The molecule has 5 heteroatoms. The Labute approximate surface area is 315 Å². The SMILES string of the molecule is Cc1ccc(-c2c3cc(c(-c4ccc(C)cc4)c4ccc([nH]4)c(-c4ccc(C)cc4)c4nc(c(-c5ccc(C)cc5)c5ccc2[nH]5)C=C4)C(=S)N3)cc1. The lowest BCUT2D eigenvalue weighted by Gasteiger charge is -2.08. The van der Waals surface area contributed by atoms with E-state index < -0.39 is 0 Å². The van der Waals surface area contributed by atoms with Gasteiger partial charge in [-0.25, -0.2) is 4.98 Å². The number of aromatic nitrogens is 3. The zero-order valence-electron chi connectivity index (χ0n) is 30.1. The fraction of sp³-hybridized carbons (Fsp3) is 0.0833. The molecule has 4 aromatic carbocycles. The van der Waals surface area contributed by atoms with Crippen LogP contribution >= 0.6 is 12.2 Å². The first-order valence-corrected chi connectivity index (χ1v) is 18.4. The van der Waals surface area contributed by atoms with Gasteiger partial charge < -0.3 is 15.3 Å². The number of hydrogen-bond acceptors (Lipinski definition) is 2. The number of hydrogen-bond donors (Lipinski definition) is 3. The predicted molar refractivity (Wildman–Crippen MR) is 228 cm³/mol. The molecule has 8 bridgehead atoms. The Kier molecular flexibility index (Phi) is 8.02. The Balaban J connectivity index is 1.48. The molecule has 0 spiro atoms. The third-order valence-corrected chi connectivity index (χ3v) is 10.6. The molecule has 53 heavy (non-hydrogen) atoms. The molecule has 0 saturated heterocycles. The maximum absolute atomic E-state index is 6.20. The Morgan fingerprint density at radius 3 is 1.17 bits per heavy atom. The summed E-state index contributed by atoms with van der Waals surface area (Å²) in [5.74, 6) is 0. The van der Waals surface area contributed by atoms with Crippen LogP contribution in [-0.2, 0) is 0 Å². The maximum Gasteiger partial charge on any atom is 0.111 e. The van der Waals surface area contributed by atoms with Crippen molar-refractivity contribution in [3.63, 3.8) is 0 Å². The van der Waals surface area contributed by atoms with Gasteiger partial charge in [0.25, 0.3) is 0 Å². The van der Waals surface area contributed by atoms with Crippen molar-refractivity contribution >= 4 is 57.1 Å². The quantitative estimate of drug-likeness (QED) is 0.160. The van der Waals surface area contributed by atoms with Gasteiger partial charge in [0, 0.05) is 55.6 Å². The van der Waals surface area contributed by atoms with Crippen molar-refractivity contribution in [2.45, 2.75) is 27.7 Å². The van der Waals surface area contributed by atoms with E-state index in [0.717, 1.165) is 89.2 Å². The van der Waals surface area contributed by atoms with E-state index in [1.165, 1.54) is 22.3 Å². The molecule has 0 unspecified atom stereocenters. The van der Waals surface area contributed by atoms with E-state index in [0.29, 0.717) is 4.99 Å². The molecule has 3 N–H and O–H groups in total. The Morgan fingerprint density at radius 2 is 0.755 bits per heavy atom. The first-order chi connectivity index (χ1) is 25.8.